The van der Waals surface area contributed by atoms with E-state index in [1.54, 1.807) is 24.3 Å². The van der Waals surface area contributed by atoms with E-state index in [1.807, 2.05) is 24.3 Å². The number of nitrogens with zero attached hydrogens (tertiary/aromatic N) is 4. The zero-order valence-electron chi connectivity index (χ0n) is 16.2. The summed E-state index contributed by atoms with van der Waals surface area (Å²) in [6, 6.07) is 12.5. The summed E-state index contributed by atoms with van der Waals surface area (Å²) in [5.41, 5.74) is 3.32. The molecule has 0 aliphatic rings. The first-order valence-corrected chi connectivity index (χ1v) is 9.89. The Hall–Kier alpha value is -3.79. The topological polar surface area (TPSA) is 123 Å². The number of phenols is 1. The quantitative estimate of drug-likeness (QED) is 0.218. The highest BCUT2D eigenvalue weighted by molar-refractivity contribution is 9.10. The van der Waals surface area contributed by atoms with Gasteiger partial charge in [-0.2, -0.15) is 10.2 Å². The van der Waals surface area contributed by atoms with Gasteiger partial charge in [0.15, 0.2) is 0 Å². The molecule has 0 fully saturated rings. The molecular weight excluding hydrogens is 466 g/mol. The van der Waals surface area contributed by atoms with Crippen LogP contribution in [0.15, 0.2) is 70.9 Å². The van der Waals surface area contributed by atoms with Crippen LogP contribution in [-0.2, 0) is 13.0 Å². The molecule has 3 rings (SSSR count). The molecule has 9 nitrogen and oxygen atoms in total. The standard InChI is InChI=1S/C21H18BrN5O4/c1-2-5-15-7-4-8-16(20(15)28)11-23-24-21(29)19-18(27(30)31)13-26(25-19)12-14-6-3-9-17(22)10-14/h2-4,6-11,13,28H,1,5,12H2,(H,24,29). The van der Waals surface area contributed by atoms with Crippen LogP contribution in [0.2, 0.25) is 0 Å². The number of carbonyl (C=O) groups is 1. The highest BCUT2D eigenvalue weighted by Gasteiger charge is 2.25. The Morgan fingerprint density at radius 3 is 2.84 bits per heavy atom. The van der Waals surface area contributed by atoms with Crippen LogP contribution in [0.25, 0.3) is 0 Å². The zero-order chi connectivity index (χ0) is 22.4. The summed E-state index contributed by atoms with van der Waals surface area (Å²) in [4.78, 5) is 23.1. The van der Waals surface area contributed by atoms with E-state index in [0.717, 1.165) is 10.0 Å². The van der Waals surface area contributed by atoms with E-state index >= 15 is 0 Å². The summed E-state index contributed by atoms with van der Waals surface area (Å²) < 4.78 is 2.18. The van der Waals surface area contributed by atoms with Gasteiger partial charge in [0.1, 0.15) is 11.9 Å². The lowest BCUT2D eigenvalue weighted by Gasteiger charge is -2.04. The molecule has 0 saturated carbocycles. The van der Waals surface area contributed by atoms with Crippen LogP contribution in [-0.4, -0.2) is 31.9 Å². The number of benzene rings is 2. The van der Waals surface area contributed by atoms with Crippen molar-refractivity contribution in [3.05, 3.63) is 98.3 Å². The number of hydrogen-bond donors (Lipinski definition) is 2. The fraction of sp³-hybridized carbons (Fsp3) is 0.0952. The molecule has 0 aliphatic heterocycles. The maximum atomic E-state index is 12.4. The number of aromatic nitrogens is 2. The summed E-state index contributed by atoms with van der Waals surface area (Å²) in [5.74, 6) is -0.817. The second kappa shape index (κ2) is 9.81. The molecular formula is C21H18BrN5O4. The minimum atomic E-state index is -0.835. The van der Waals surface area contributed by atoms with E-state index in [9.17, 15) is 20.0 Å². The molecule has 1 heterocycles. The number of allylic oxidation sites excluding steroid dienone is 1. The maximum absolute atomic E-state index is 12.4. The minimum Gasteiger partial charge on any atom is -0.507 e. The van der Waals surface area contributed by atoms with Crippen LogP contribution >= 0.6 is 15.9 Å². The number of para-hydroxylation sites is 1. The first kappa shape index (κ1) is 21.9. The molecule has 0 spiro atoms. The van der Waals surface area contributed by atoms with Crippen LogP contribution in [0, 0.1) is 10.1 Å². The molecule has 0 saturated heterocycles. The van der Waals surface area contributed by atoms with Crippen LogP contribution in [0.4, 0.5) is 5.69 Å². The van der Waals surface area contributed by atoms with Crippen molar-refractivity contribution in [2.24, 2.45) is 5.10 Å². The molecule has 2 N–H and O–H groups in total. The van der Waals surface area contributed by atoms with Gasteiger partial charge in [-0.25, -0.2) is 5.43 Å². The maximum Gasteiger partial charge on any atom is 0.320 e. The minimum absolute atomic E-state index is 0.0182. The number of amides is 1. The fourth-order valence-corrected chi connectivity index (χ4v) is 3.31. The van der Waals surface area contributed by atoms with Crippen molar-refractivity contribution in [2.75, 3.05) is 0 Å². The number of rotatable bonds is 8. The highest BCUT2D eigenvalue weighted by atomic mass is 79.9. The van der Waals surface area contributed by atoms with Gasteiger partial charge in [-0.3, -0.25) is 19.6 Å². The monoisotopic (exact) mass is 483 g/mol. The van der Waals surface area contributed by atoms with Gasteiger partial charge in [-0.15, -0.1) is 6.58 Å². The van der Waals surface area contributed by atoms with Crippen molar-refractivity contribution in [2.45, 2.75) is 13.0 Å². The normalized spacial score (nSPS) is 10.9. The van der Waals surface area contributed by atoms with Crippen LogP contribution in [0.1, 0.15) is 27.2 Å². The smallest absolute Gasteiger partial charge is 0.320 e. The van der Waals surface area contributed by atoms with Crippen LogP contribution in [0.5, 0.6) is 5.75 Å². The van der Waals surface area contributed by atoms with Crippen molar-refractivity contribution in [1.29, 1.82) is 0 Å². The average molecular weight is 484 g/mol. The first-order valence-electron chi connectivity index (χ1n) is 9.10. The Morgan fingerprint density at radius 1 is 1.35 bits per heavy atom. The molecule has 0 radical (unpaired) electrons. The largest absolute Gasteiger partial charge is 0.507 e. The van der Waals surface area contributed by atoms with Gasteiger partial charge < -0.3 is 5.11 Å². The van der Waals surface area contributed by atoms with Gasteiger partial charge >= 0.3 is 5.69 Å². The third-order valence-corrected chi connectivity index (χ3v) is 4.77. The lowest BCUT2D eigenvalue weighted by molar-refractivity contribution is -0.385. The van der Waals surface area contributed by atoms with Gasteiger partial charge in [-0.1, -0.05) is 46.3 Å². The molecule has 158 valence electrons. The lowest BCUT2D eigenvalue weighted by atomic mass is 10.1. The van der Waals surface area contributed by atoms with Crippen molar-refractivity contribution >= 4 is 33.7 Å². The second-order valence-corrected chi connectivity index (χ2v) is 7.41. The van der Waals surface area contributed by atoms with Gasteiger partial charge in [0.05, 0.1) is 17.7 Å². The van der Waals surface area contributed by atoms with Gasteiger partial charge in [0.2, 0.25) is 5.69 Å². The SMILES string of the molecule is C=CCc1cccc(C=NNC(=O)c2nn(Cc3cccc(Br)c3)cc2[N+](=O)[O-])c1O. The molecule has 0 atom stereocenters. The zero-order valence-corrected chi connectivity index (χ0v) is 17.8. The Bertz CT molecular complexity index is 1170. The van der Waals surface area contributed by atoms with E-state index < -0.39 is 16.5 Å². The first-order chi connectivity index (χ1) is 14.9. The summed E-state index contributed by atoms with van der Waals surface area (Å²) in [5, 5.41) is 29.4. The summed E-state index contributed by atoms with van der Waals surface area (Å²) in [6.07, 6.45) is 4.58. The summed E-state index contributed by atoms with van der Waals surface area (Å²) >= 11 is 3.37. The molecule has 31 heavy (non-hydrogen) atoms. The van der Waals surface area contributed by atoms with Crippen molar-refractivity contribution in [1.82, 2.24) is 15.2 Å². The summed E-state index contributed by atoms with van der Waals surface area (Å²) in [6.45, 7) is 3.88. The molecule has 10 heteroatoms. The Balaban J connectivity index is 1.77. The number of hydrogen-bond acceptors (Lipinski definition) is 6. The Kier molecular flexibility index (Phi) is 6.93. The van der Waals surface area contributed by atoms with E-state index in [1.165, 1.54) is 17.1 Å². The molecule has 3 aromatic rings. The molecule has 1 amide bonds. The third kappa shape index (κ3) is 5.43. The number of phenolic OH excluding ortho intramolecular Hbond substituents is 1. The van der Waals surface area contributed by atoms with Gasteiger partial charge in [-0.05, 0) is 35.7 Å². The van der Waals surface area contributed by atoms with E-state index in [4.69, 9.17) is 0 Å². The van der Waals surface area contributed by atoms with E-state index in [0.29, 0.717) is 17.5 Å². The number of halogens is 1. The fourth-order valence-electron chi connectivity index (χ4n) is 2.86. The molecule has 2 aromatic carbocycles. The summed E-state index contributed by atoms with van der Waals surface area (Å²) in [7, 11) is 0. The number of hydrazone groups is 1. The van der Waals surface area contributed by atoms with Gasteiger partial charge in [0, 0.05) is 10.0 Å². The Morgan fingerprint density at radius 2 is 2.13 bits per heavy atom. The number of aromatic hydroxyl groups is 1. The molecule has 0 bridgehead atoms. The number of carbonyl (C=O) groups excluding carboxylic acids is 1. The van der Waals surface area contributed by atoms with Crippen molar-refractivity contribution in [3.8, 4) is 5.75 Å². The number of nitro groups is 1. The van der Waals surface area contributed by atoms with Crippen LogP contribution < -0.4 is 5.43 Å². The van der Waals surface area contributed by atoms with E-state index in [-0.39, 0.29) is 18.0 Å². The molecule has 0 unspecified atom stereocenters. The highest BCUT2D eigenvalue weighted by Crippen LogP contribution is 2.22. The average Bonchev–Trinajstić information content (AvgIpc) is 3.15. The third-order valence-electron chi connectivity index (χ3n) is 4.27. The molecule has 1 aromatic heterocycles. The van der Waals surface area contributed by atoms with Crippen molar-refractivity contribution < 1.29 is 14.8 Å². The predicted molar refractivity (Wildman–Crippen MR) is 119 cm³/mol. The predicted octanol–water partition coefficient (Wildman–Crippen LogP) is 3.80. The molecule has 0 aliphatic carbocycles. The lowest BCUT2D eigenvalue weighted by Crippen LogP contribution is -2.19. The van der Waals surface area contributed by atoms with E-state index in [2.05, 4.69) is 38.1 Å². The number of nitrogens with one attached hydrogen (secondary N) is 1. The van der Waals surface area contributed by atoms with Crippen LogP contribution in [0.3, 0.4) is 0 Å². The second-order valence-electron chi connectivity index (χ2n) is 6.49. The van der Waals surface area contributed by atoms with Gasteiger partial charge in [0.25, 0.3) is 5.91 Å². The Labute approximate surface area is 186 Å². The van der Waals surface area contributed by atoms with Crippen molar-refractivity contribution in [3.63, 3.8) is 0 Å².